The zero-order chi connectivity index (χ0) is 29.8. The molecule has 1 aliphatic carbocycles. The van der Waals surface area contributed by atoms with Crippen LogP contribution in [0.3, 0.4) is 0 Å². The van der Waals surface area contributed by atoms with Gasteiger partial charge in [0.25, 0.3) is 11.1 Å². The van der Waals surface area contributed by atoms with Gasteiger partial charge in [0, 0.05) is 27.9 Å². The Balaban J connectivity index is 1.80. The van der Waals surface area contributed by atoms with E-state index in [0.29, 0.717) is 27.8 Å². The number of halogens is 2. The fourth-order valence-electron chi connectivity index (χ4n) is 4.84. The molecule has 0 unspecified atom stereocenters. The highest BCUT2D eigenvalue weighted by molar-refractivity contribution is 14.1. The lowest BCUT2D eigenvalue weighted by molar-refractivity contribution is -0.113. The van der Waals surface area contributed by atoms with Crippen molar-refractivity contribution in [1.29, 1.82) is 0 Å². The van der Waals surface area contributed by atoms with E-state index in [2.05, 4.69) is 10.6 Å². The Morgan fingerprint density at radius 2 is 1.80 bits per heavy atom. The second-order valence-corrected chi connectivity index (χ2v) is 15.4. The number of nitrogens with one attached hydrogen (secondary N) is 2. The van der Waals surface area contributed by atoms with Gasteiger partial charge in [0.05, 0.1) is 22.6 Å². The first-order valence-corrected chi connectivity index (χ1v) is 16.7. The van der Waals surface area contributed by atoms with Crippen molar-refractivity contribution in [3.05, 3.63) is 88.6 Å². The smallest absolute Gasteiger partial charge is 0.336 e. The second-order valence-electron chi connectivity index (χ2n) is 10.7. The molecule has 2 heterocycles. The van der Waals surface area contributed by atoms with Crippen LogP contribution >= 0.6 is 22.6 Å². The fourth-order valence-corrected chi connectivity index (χ4v) is 6.07. The van der Waals surface area contributed by atoms with E-state index < -0.39 is 38.5 Å². The highest BCUT2D eigenvalue weighted by atomic mass is 127. The van der Waals surface area contributed by atoms with Crippen molar-refractivity contribution >= 4 is 66.5 Å². The minimum absolute atomic E-state index is 0.0509. The van der Waals surface area contributed by atoms with Crippen LogP contribution in [0.2, 0.25) is 0 Å². The summed E-state index contributed by atoms with van der Waals surface area (Å²) in [5, 5.41) is 5.70. The van der Waals surface area contributed by atoms with Crippen molar-refractivity contribution in [2.75, 3.05) is 28.9 Å². The zero-order valence-corrected chi connectivity index (χ0v) is 25.9. The molecule has 1 fully saturated rings. The first-order chi connectivity index (χ1) is 19.3. The van der Waals surface area contributed by atoms with E-state index in [-0.39, 0.29) is 39.8 Å². The first-order valence-electron chi connectivity index (χ1n) is 12.8. The molecule has 0 bridgehead atoms. The largest absolute Gasteiger partial charge is 0.338 e. The van der Waals surface area contributed by atoms with Crippen LogP contribution in [-0.2, 0) is 21.8 Å². The first kappa shape index (κ1) is 28.9. The number of pyridine rings is 1. The van der Waals surface area contributed by atoms with E-state index in [1.165, 1.54) is 52.3 Å². The van der Waals surface area contributed by atoms with Gasteiger partial charge >= 0.3 is 5.69 Å². The monoisotopic (exact) mass is 693 g/mol. The lowest BCUT2D eigenvalue weighted by Gasteiger charge is -2.21. The summed E-state index contributed by atoms with van der Waals surface area (Å²) in [6, 6.07) is 10.7. The van der Waals surface area contributed by atoms with E-state index in [1.54, 1.807) is 30.3 Å². The van der Waals surface area contributed by atoms with Crippen LogP contribution < -0.4 is 27.4 Å². The van der Waals surface area contributed by atoms with E-state index in [1.807, 2.05) is 22.6 Å². The molecule has 2 N–H and O–H groups in total. The Morgan fingerprint density at radius 1 is 1.10 bits per heavy atom. The topological polar surface area (TPSA) is 124 Å². The van der Waals surface area contributed by atoms with Gasteiger partial charge in [-0.2, -0.15) is 0 Å². The average Bonchev–Trinajstić information content (AvgIpc) is 3.71. The number of carbonyl (C=O) groups is 1. The summed E-state index contributed by atoms with van der Waals surface area (Å²) in [6.07, 6.45) is 4.33. The Morgan fingerprint density at radius 3 is 2.44 bits per heavy atom. The molecule has 41 heavy (non-hydrogen) atoms. The summed E-state index contributed by atoms with van der Waals surface area (Å²) in [7, 11) is -1.14. The van der Waals surface area contributed by atoms with Gasteiger partial charge in [0.15, 0.2) is 0 Å². The number of anilines is 3. The Hall–Kier alpha value is -3.59. The number of nitrogens with zero attached hydrogens (tertiary/aromatic N) is 3. The normalized spacial score (nSPS) is 13.8. The van der Waals surface area contributed by atoms with Crippen molar-refractivity contribution in [2.45, 2.75) is 25.8 Å². The SMILES string of the molecule is Cc1c(=O)n(C)c(Nc2ccc(I)cc2F)c2c(=O)n(C3CC3)c(=O)n(-c3cccc(NC(=O)C[SH](C)(C)=O)c3)c12. The number of benzene rings is 2. The van der Waals surface area contributed by atoms with Crippen molar-refractivity contribution in [3.63, 3.8) is 0 Å². The molecule has 1 aliphatic rings. The number of hydrogen-bond acceptors (Lipinski definition) is 6. The number of thiol groups is 1. The van der Waals surface area contributed by atoms with E-state index in [4.69, 9.17) is 0 Å². The number of aryl methyl sites for hydroxylation is 1. The molecule has 1 amide bonds. The van der Waals surface area contributed by atoms with Gasteiger partial charge < -0.3 is 10.6 Å². The summed E-state index contributed by atoms with van der Waals surface area (Å²) in [4.78, 5) is 53.8. The predicted molar refractivity (Wildman–Crippen MR) is 169 cm³/mol. The van der Waals surface area contributed by atoms with Crippen LogP contribution in [-0.4, -0.2) is 42.1 Å². The summed E-state index contributed by atoms with van der Waals surface area (Å²) in [5.74, 6) is -1.10. The molecule has 4 aromatic rings. The lowest BCUT2D eigenvalue weighted by Crippen LogP contribution is -2.41. The molecule has 13 heteroatoms. The van der Waals surface area contributed by atoms with E-state index in [9.17, 15) is 27.8 Å². The lowest BCUT2D eigenvalue weighted by atomic mass is 10.1. The maximum Gasteiger partial charge on any atom is 0.336 e. The van der Waals surface area contributed by atoms with Gasteiger partial charge in [-0.05, 0) is 91.3 Å². The molecule has 2 aromatic heterocycles. The molecule has 10 nitrogen and oxygen atoms in total. The summed E-state index contributed by atoms with van der Waals surface area (Å²) < 4.78 is 31.4. The van der Waals surface area contributed by atoms with E-state index >= 15 is 0 Å². The van der Waals surface area contributed by atoms with Crippen molar-refractivity contribution < 1.29 is 13.4 Å². The molecule has 2 aromatic carbocycles. The van der Waals surface area contributed by atoms with Gasteiger partial charge in [-0.1, -0.05) is 6.07 Å². The molecular weight excluding hydrogens is 664 g/mol. The second kappa shape index (κ2) is 10.7. The summed E-state index contributed by atoms with van der Waals surface area (Å²) in [6.45, 7) is 1.53. The number of amides is 1. The highest BCUT2D eigenvalue weighted by Crippen LogP contribution is 2.34. The minimum atomic E-state index is -2.62. The summed E-state index contributed by atoms with van der Waals surface area (Å²) in [5.41, 5.74) is -0.714. The van der Waals surface area contributed by atoms with Crippen molar-refractivity contribution in [2.24, 2.45) is 7.05 Å². The highest BCUT2D eigenvalue weighted by Gasteiger charge is 2.31. The van der Waals surface area contributed by atoms with Gasteiger partial charge in [0.1, 0.15) is 17.0 Å². The minimum Gasteiger partial charge on any atom is -0.338 e. The average molecular weight is 694 g/mol. The third-order valence-corrected chi connectivity index (χ3v) is 8.57. The summed E-state index contributed by atoms with van der Waals surface area (Å²) >= 11 is 1.98. The van der Waals surface area contributed by atoms with Crippen molar-refractivity contribution in [1.82, 2.24) is 13.7 Å². The molecule has 0 saturated heterocycles. The molecule has 216 valence electrons. The molecule has 5 rings (SSSR count). The third-order valence-electron chi connectivity index (χ3n) is 6.85. The molecule has 0 radical (unpaired) electrons. The molecule has 0 atom stereocenters. The van der Waals surface area contributed by atoms with Crippen LogP contribution in [0.1, 0.15) is 24.4 Å². The maximum absolute atomic E-state index is 14.9. The number of hydrogen-bond donors (Lipinski definition) is 3. The van der Waals surface area contributed by atoms with Crippen LogP contribution in [0, 0.1) is 16.3 Å². The van der Waals surface area contributed by atoms with Crippen LogP contribution in [0.5, 0.6) is 0 Å². The van der Waals surface area contributed by atoms with Gasteiger partial charge in [-0.3, -0.25) is 32.3 Å². The van der Waals surface area contributed by atoms with Gasteiger partial charge in [-0.25, -0.2) is 9.18 Å². The molecule has 0 spiro atoms. The number of carbonyl (C=O) groups excluding carboxylic acids is 1. The third kappa shape index (κ3) is 5.64. The molecule has 0 aliphatic heterocycles. The fraction of sp³-hybridized carbons (Fsp3) is 0.286. The van der Waals surface area contributed by atoms with Gasteiger partial charge in [-0.15, -0.1) is 9.93 Å². The standard InChI is InChI=1S/C28H29FIN5O5S/c1-15-24-23(25(33(2)26(15)37)32-21-11-8-16(30)12-20(21)29)27(38)35(18-9-10-18)28(39)34(24)19-7-5-6-17(13-19)31-22(36)14-41(3,4)40/h5-8,11-13,18,32,41H,9-10,14H2,1-4H3,(H,31,36). The molecule has 1 saturated carbocycles. The Labute approximate surface area is 248 Å². The van der Waals surface area contributed by atoms with E-state index in [0.717, 1.165) is 0 Å². The maximum atomic E-state index is 14.9. The Kier molecular flexibility index (Phi) is 7.53. The number of aromatic nitrogens is 3. The Bertz CT molecular complexity index is 1970. The van der Waals surface area contributed by atoms with Crippen LogP contribution in [0.15, 0.2) is 56.8 Å². The van der Waals surface area contributed by atoms with Crippen LogP contribution in [0.4, 0.5) is 21.6 Å². The predicted octanol–water partition coefficient (Wildman–Crippen LogP) is 3.20. The number of fused-ring (bicyclic) bond motifs is 1. The zero-order valence-electron chi connectivity index (χ0n) is 22.8. The van der Waals surface area contributed by atoms with Crippen molar-refractivity contribution in [3.8, 4) is 5.69 Å². The quantitative estimate of drug-likeness (QED) is 0.202. The number of rotatable bonds is 7. The molecular formula is C28H29FIN5O5S. The van der Waals surface area contributed by atoms with Gasteiger partial charge in [0.2, 0.25) is 5.91 Å². The van der Waals surface area contributed by atoms with Crippen LogP contribution in [0.25, 0.3) is 16.6 Å².